The van der Waals surface area contributed by atoms with Crippen LogP contribution in [0.25, 0.3) is 0 Å². The number of carbonyl (C=O) groups is 1. The van der Waals surface area contributed by atoms with Crippen LogP contribution in [0.3, 0.4) is 0 Å². The Labute approximate surface area is 124 Å². The fourth-order valence-electron chi connectivity index (χ4n) is 1.90. The Hall–Kier alpha value is -2.49. The summed E-state index contributed by atoms with van der Waals surface area (Å²) in [5.74, 6) is 1.02. The first-order chi connectivity index (χ1) is 10.2. The molecule has 21 heavy (non-hydrogen) atoms. The van der Waals surface area contributed by atoms with Gasteiger partial charge in [-0.15, -0.1) is 0 Å². The maximum Gasteiger partial charge on any atom is 0.255 e. The second-order valence-corrected chi connectivity index (χ2v) is 4.78. The number of carbonyl (C=O) groups excluding carboxylic acids is 1. The van der Waals surface area contributed by atoms with Crippen LogP contribution in [-0.4, -0.2) is 12.5 Å². The van der Waals surface area contributed by atoms with Crippen molar-refractivity contribution < 1.29 is 9.53 Å². The highest BCUT2D eigenvalue weighted by Gasteiger charge is 2.13. The number of hydrogen-bond donors (Lipinski definition) is 2. The van der Waals surface area contributed by atoms with E-state index in [1.54, 1.807) is 18.2 Å². The van der Waals surface area contributed by atoms with Crippen molar-refractivity contribution >= 4 is 11.6 Å². The van der Waals surface area contributed by atoms with Crippen molar-refractivity contribution in [2.24, 2.45) is 0 Å². The summed E-state index contributed by atoms with van der Waals surface area (Å²) in [5.41, 5.74) is 6.77. The lowest BCUT2D eigenvalue weighted by atomic mass is 10.1. The molecule has 0 saturated heterocycles. The third kappa shape index (κ3) is 4.24. The Morgan fingerprint density at radius 3 is 2.67 bits per heavy atom. The van der Waals surface area contributed by atoms with Crippen LogP contribution in [0.15, 0.2) is 48.5 Å². The van der Waals surface area contributed by atoms with Gasteiger partial charge in [0.25, 0.3) is 5.91 Å². The van der Waals surface area contributed by atoms with Crippen LogP contribution in [0.2, 0.25) is 0 Å². The van der Waals surface area contributed by atoms with Gasteiger partial charge in [0.05, 0.1) is 5.56 Å². The summed E-state index contributed by atoms with van der Waals surface area (Å²) in [6, 6.07) is 14.4. The van der Waals surface area contributed by atoms with E-state index in [0.29, 0.717) is 29.3 Å². The van der Waals surface area contributed by atoms with Gasteiger partial charge in [0.2, 0.25) is 0 Å². The molecule has 0 aliphatic rings. The van der Waals surface area contributed by atoms with Gasteiger partial charge in [-0.2, -0.15) is 0 Å². The SMILES string of the molecule is CCCCNC(=O)c1cc(N)ccc1Oc1ccccc1. The van der Waals surface area contributed by atoms with Gasteiger partial charge < -0.3 is 15.8 Å². The summed E-state index contributed by atoms with van der Waals surface area (Å²) < 4.78 is 5.78. The standard InChI is InChI=1S/C17H20N2O2/c1-2-3-11-19-17(20)15-12-13(18)9-10-16(15)21-14-7-5-4-6-8-14/h4-10,12H,2-3,11,18H2,1H3,(H,19,20). The molecule has 0 atom stereocenters. The summed E-state index contributed by atoms with van der Waals surface area (Å²) in [7, 11) is 0. The fourth-order valence-corrected chi connectivity index (χ4v) is 1.90. The molecule has 1 amide bonds. The zero-order valence-corrected chi connectivity index (χ0v) is 12.1. The molecule has 2 aromatic carbocycles. The van der Waals surface area contributed by atoms with E-state index < -0.39 is 0 Å². The molecule has 0 radical (unpaired) electrons. The Morgan fingerprint density at radius 2 is 1.95 bits per heavy atom. The van der Waals surface area contributed by atoms with E-state index in [1.165, 1.54) is 0 Å². The number of amides is 1. The van der Waals surface area contributed by atoms with Crippen molar-refractivity contribution in [2.75, 3.05) is 12.3 Å². The molecule has 0 unspecified atom stereocenters. The number of nitrogens with one attached hydrogen (secondary N) is 1. The lowest BCUT2D eigenvalue weighted by Crippen LogP contribution is -2.24. The second kappa shape index (κ2) is 7.33. The minimum Gasteiger partial charge on any atom is -0.457 e. The zero-order valence-electron chi connectivity index (χ0n) is 12.1. The van der Waals surface area contributed by atoms with E-state index in [0.717, 1.165) is 12.8 Å². The maximum atomic E-state index is 12.2. The van der Waals surface area contributed by atoms with E-state index >= 15 is 0 Å². The van der Waals surface area contributed by atoms with E-state index in [2.05, 4.69) is 12.2 Å². The van der Waals surface area contributed by atoms with Crippen molar-refractivity contribution in [3.05, 3.63) is 54.1 Å². The normalized spacial score (nSPS) is 10.1. The van der Waals surface area contributed by atoms with Gasteiger partial charge in [-0.05, 0) is 36.8 Å². The number of rotatable bonds is 6. The van der Waals surface area contributed by atoms with Gasteiger partial charge in [0, 0.05) is 12.2 Å². The number of benzene rings is 2. The lowest BCUT2D eigenvalue weighted by Gasteiger charge is -2.12. The molecular formula is C17H20N2O2. The summed E-state index contributed by atoms with van der Waals surface area (Å²) in [6.45, 7) is 2.73. The predicted octanol–water partition coefficient (Wildman–Crippen LogP) is 3.59. The number of ether oxygens (including phenoxy) is 1. The first kappa shape index (κ1) is 14.9. The highest BCUT2D eigenvalue weighted by molar-refractivity contribution is 5.97. The first-order valence-corrected chi connectivity index (χ1v) is 7.11. The molecule has 4 nitrogen and oxygen atoms in total. The Morgan fingerprint density at radius 1 is 1.19 bits per heavy atom. The molecule has 0 aliphatic carbocycles. The topological polar surface area (TPSA) is 64.4 Å². The molecule has 0 aliphatic heterocycles. The fraction of sp³-hybridized carbons (Fsp3) is 0.235. The number of hydrogen-bond acceptors (Lipinski definition) is 3. The summed E-state index contributed by atoms with van der Waals surface area (Å²) in [6.07, 6.45) is 1.98. The van der Waals surface area contributed by atoms with Crippen LogP contribution in [0.5, 0.6) is 11.5 Å². The van der Waals surface area contributed by atoms with Crippen molar-refractivity contribution in [1.82, 2.24) is 5.32 Å². The third-order valence-electron chi connectivity index (χ3n) is 3.04. The molecule has 0 heterocycles. The summed E-state index contributed by atoms with van der Waals surface area (Å²) >= 11 is 0. The van der Waals surface area contributed by atoms with Gasteiger partial charge in [0.15, 0.2) is 0 Å². The first-order valence-electron chi connectivity index (χ1n) is 7.11. The van der Waals surface area contributed by atoms with Crippen molar-refractivity contribution in [1.29, 1.82) is 0 Å². The van der Waals surface area contributed by atoms with Crippen LogP contribution in [-0.2, 0) is 0 Å². The van der Waals surface area contributed by atoms with Gasteiger partial charge in [-0.3, -0.25) is 4.79 Å². The van der Waals surface area contributed by atoms with E-state index in [4.69, 9.17) is 10.5 Å². The lowest BCUT2D eigenvalue weighted by molar-refractivity contribution is 0.0951. The Balaban J connectivity index is 2.19. The molecule has 2 rings (SSSR count). The largest absolute Gasteiger partial charge is 0.457 e. The van der Waals surface area contributed by atoms with Crippen LogP contribution in [0.1, 0.15) is 30.1 Å². The highest BCUT2D eigenvalue weighted by Crippen LogP contribution is 2.27. The molecule has 0 aromatic heterocycles. The number of nitrogens with two attached hydrogens (primary N) is 1. The zero-order chi connectivity index (χ0) is 15.1. The van der Waals surface area contributed by atoms with E-state index in [-0.39, 0.29) is 5.91 Å². The van der Waals surface area contributed by atoms with E-state index in [9.17, 15) is 4.79 Å². The summed E-state index contributed by atoms with van der Waals surface area (Å²) in [5, 5.41) is 2.88. The molecule has 0 bridgehead atoms. The van der Waals surface area contributed by atoms with Gasteiger partial charge in [0.1, 0.15) is 11.5 Å². The number of para-hydroxylation sites is 1. The predicted molar refractivity (Wildman–Crippen MR) is 84.6 cm³/mol. The average Bonchev–Trinajstić information content (AvgIpc) is 2.50. The van der Waals surface area contributed by atoms with Crippen LogP contribution < -0.4 is 15.8 Å². The second-order valence-electron chi connectivity index (χ2n) is 4.78. The molecule has 0 fully saturated rings. The smallest absolute Gasteiger partial charge is 0.255 e. The van der Waals surface area contributed by atoms with Gasteiger partial charge in [-0.25, -0.2) is 0 Å². The average molecular weight is 284 g/mol. The molecule has 3 N–H and O–H groups in total. The monoisotopic (exact) mass is 284 g/mol. The number of anilines is 1. The van der Waals surface area contributed by atoms with Crippen LogP contribution >= 0.6 is 0 Å². The maximum absolute atomic E-state index is 12.2. The molecular weight excluding hydrogens is 264 g/mol. The quantitative estimate of drug-likeness (QED) is 0.629. The molecule has 110 valence electrons. The molecule has 0 saturated carbocycles. The van der Waals surface area contributed by atoms with Crippen LogP contribution in [0, 0.1) is 0 Å². The molecule has 2 aromatic rings. The number of unbranched alkanes of at least 4 members (excludes halogenated alkanes) is 1. The van der Waals surface area contributed by atoms with E-state index in [1.807, 2.05) is 30.3 Å². The third-order valence-corrected chi connectivity index (χ3v) is 3.04. The Kier molecular flexibility index (Phi) is 5.21. The summed E-state index contributed by atoms with van der Waals surface area (Å²) in [4.78, 5) is 12.2. The number of nitrogen functional groups attached to an aromatic ring is 1. The van der Waals surface area contributed by atoms with Crippen molar-refractivity contribution in [3.63, 3.8) is 0 Å². The van der Waals surface area contributed by atoms with Gasteiger partial charge in [-0.1, -0.05) is 31.5 Å². The van der Waals surface area contributed by atoms with Gasteiger partial charge >= 0.3 is 0 Å². The molecule has 0 spiro atoms. The van der Waals surface area contributed by atoms with Crippen molar-refractivity contribution in [3.8, 4) is 11.5 Å². The van der Waals surface area contributed by atoms with Crippen LogP contribution in [0.4, 0.5) is 5.69 Å². The minimum atomic E-state index is -0.165. The van der Waals surface area contributed by atoms with Crippen molar-refractivity contribution in [2.45, 2.75) is 19.8 Å². The minimum absolute atomic E-state index is 0.165. The molecule has 4 heteroatoms. The Bertz CT molecular complexity index is 597. The highest BCUT2D eigenvalue weighted by atomic mass is 16.5.